The van der Waals surface area contributed by atoms with Crippen LogP contribution in [-0.2, 0) is 4.79 Å². The van der Waals surface area contributed by atoms with Gasteiger partial charge in [-0.2, -0.15) is 0 Å². The third kappa shape index (κ3) is 8.39. The molecule has 0 aromatic carbocycles. The van der Waals surface area contributed by atoms with Gasteiger partial charge in [-0.05, 0) is 76.8 Å². The summed E-state index contributed by atoms with van der Waals surface area (Å²) in [6, 6.07) is 0. The van der Waals surface area contributed by atoms with Crippen LogP contribution in [0.25, 0.3) is 0 Å². The molecule has 0 aromatic rings. The van der Waals surface area contributed by atoms with E-state index in [9.17, 15) is 20.1 Å². The predicted octanol–water partition coefficient (Wildman–Crippen LogP) is 3.19. The molecular weight excluding hydrogens is 330 g/mol. The number of carbonyl (C=O) groups is 1. The number of aliphatic hydroxyl groups is 3. The van der Waals surface area contributed by atoms with Crippen LogP contribution >= 0.6 is 0 Å². The first-order valence-electron chi connectivity index (χ1n) is 9.79. The highest BCUT2D eigenvalue weighted by molar-refractivity contribution is 5.80. The molecule has 1 saturated carbocycles. The number of nitrogens with zero attached hydrogens (tertiary/aromatic N) is 1. The van der Waals surface area contributed by atoms with Crippen molar-refractivity contribution in [1.29, 1.82) is 0 Å². The molecule has 0 saturated heterocycles. The van der Waals surface area contributed by atoms with Crippen LogP contribution in [0.5, 0.6) is 0 Å². The Bertz CT molecular complexity index is 475. The fourth-order valence-electron chi connectivity index (χ4n) is 3.71. The number of carbonyl (C=O) groups excluding carboxylic acids is 1. The molecule has 0 radical (unpaired) electrons. The van der Waals surface area contributed by atoms with Crippen LogP contribution in [0.2, 0.25) is 0 Å². The molecule has 0 spiro atoms. The predicted molar refractivity (Wildman–Crippen MR) is 105 cm³/mol. The zero-order valence-corrected chi connectivity index (χ0v) is 16.0. The summed E-state index contributed by atoms with van der Waals surface area (Å²) < 4.78 is 0. The lowest BCUT2D eigenvalue weighted by atomic mass is 9.85. The molecule has 0 aromatic heterocycles. The lowest BCUT2D eigenvalue weighted by Crippen LogP contribution is -2.23. The van der Waals surface area contributed by atoms with Crippen LogP contribution in [-0.4, -0.2) is 46.3 Å². The van der Waals surface area contributed by atoms with Gasteiger partial charge in [-0.25, -0.2) is 4.99 Å². The van der Waals surface area contributed by atoms with Crippen LogP contribution in [0.3, 0.4) is 0 Å². The van der Waals surface area contributed by atoms with Crippen LogP contribution in [0.15, 0.2) is 29.3 Å². The smallest absolute Gasteiger partial charge is 0.245 e. The average Bonchev–Trinajstić information content (AvgIpc) is 2.89. The molecule has 5 unspecified atom stereocenters. The Balaban J connectivity index is 2.38. The van der Waals surface area contributed by atoms with E-state index in [4.69, 9.17) is 0 Å². The molecule has 5 nitrogen and oxygen atoms in total. The molecule has 1 amide bonds. The van der Waals surface area contributed by atoms with Gasteiger partial charge < -0.3 is 15.3 Å². The minimum Gasteiger partial charge on any atom is -0.393 e. The molecule has 5 heteroatoms. The van der Waals surface area contributed by atoms with Gasteiger partial charge >= 0.3 is 0 Å². The molecule has 5 atom stereocenters. The van der Waals surface area contributed by atoms with Crippen molar-refractivity contribution in [3.05, 3.63) is 24.3 Å². The van der Waals surface area contributed by atoms with E-state index in [1.165, 1.54) is 0 Å². The minimum atomic E-state index is -0.498. The molecule has 0 bridgehead atoms. The number of amides is 1. The van der Waals surface area contributed by atoms with E-state index >= 15 is 0 Å². The van der Waals surface area contributed by atoms with Crippen molar-refractivity contribution < 1.29 is 20.1 Å². The summed E-state index contributed by atoms with van der Waals surface area (Å²) in [7, 11) is 0. The summed E-state index contributed by atoms with van der Waals surface area (Å²) in [6.45, 7) is 5.18. The summed E-state index contributed by atoms with van der Waals surface area (Å²) in [5.41, 5.74) is 0. The number of aliphatic hydroxyl groups excluding tert-OH is 3. The number of allylic oxidation sites excluding steroid dienone is 4. The van der Waals surface area contributed by atoms with Crippen molar-refractivity contribution in [2.75, 3.05) is 0 Å². The fraction of sp³-hybridized carbons (Fsp3) is 0.714. The highest BCUT2D eigenvalue weighted by atomic mass is 16.3. The van der Waals surface area contributed by atoms with Gasteiger partial charge in [0.05, 0.1) is 18.3 Å². The number of unbranched alkanes of at least 4 members (excludes halogenated alkanes) is 1. The van der Waals surface area contributed by atoms with Gasteiger partial charge in [0.25, 0.3) is 0 Å². The fourth-order valence-corrected chi connectivity index (χ4v) is 3.71. The van der Waals surface area contributed by atoms with Gasteiger partial charge in [0.1, 0.15) is 0 Å². The van der Waals surface area contributed by atoms with Gasteiger partial charge in [-0.3, -0.25) is 4.79 Å². The van der Waals surface area contributed by atoms with Crippen molar-refractivity contribution in [3.8, 4) is 0 Å². The molecule has 0 aliphatic heterocycles. The van der Waals surface area contributed by atoms with E-state index in [-0.39, 0.29) is 23.8 Å². The zero-order chi connectivity index (χ0) is 19.4. The Morgan fingerprint density at radius 3 is 2.58 bits per heavy atom. The van der Waals surface area contributed by atoms with Crippen molar-refractivity contribution >= 4 is 12.6 Å². The molecule has 1 fully saturated rings. The standard InChI is InChI=1S/C21H35NO4/c1-3-4-7-10-16(23)13-14-18-17(19(24)15-20(18)25)11-8-5-6-9-12-21(26)22-2/h3-5,8,16-20,23-25H,2,6-7,9-15H2,1H3/b4-3+,8-5+. The number of aliphatic imine (C=N–C) groups is 1. The van der Waals surface area contributed by atoms with Gasteiger partial charge in [0.2, 0.25) is 5.91 Å². The van der Waals surface area contributed by atoms with Crippen LogP contribution in [0.4, 0.5) is 0 Å². The first-order valence-corrected chi connectivity index (χ1v) is 9.79. The van der Waals surface area contributed by atoms with Crippen molar-refractivity contribution in [2.45, 2.75) is 83.0 Å². The summed E-state index contributed by atoms with van der Waals surface area (Å²) in [4.78, 5) is 14.4. The molecule has 0 heterocycles. The highest BCUT2D eigenvalue weighted by Crippen LogP contribution is 2.38. The topological polar surface area (TPSA) is 90.1 Å². The maximum Gasteiger partial charge on any atom is 0.245 e. The first-order chi connectivity index (χ1) is 12.5. The van der Waals surface area contributed by atoms with Crippen LogP contribution in [0, 0.1) is 11.8 Å². The second-order valence-electron chi connectivity index (χ2n) is 7.23. The monoisotopic (exact) mass is 365 g/mol. The van der Waals surface area contributed by atoms with E-state index in [1.807, 2.05) is 31.2 Å². The molecule has 1 aliphatic carbocycles. The number of hydrogen-bond acceptors (Lipinski definition) is 4. The van der Waals surface area contributed by atoms with E-state index in [0.717, 1.165) is 32.1 Å². The minimum absolute atomic E-state index is 0.0255. The Hall–Kier alpha value is -1.30. The molecular formula is C21H35NO4. The normalized spacial score (nSPS) is 27.4. The molecule has 26 heavy (non-hydrogen) atoms. The zero-order valence-electron chi connectivity index (χ0n) is 16.0. The average molecular weight is 366 g/mol. The Kier molecular flexibility index (Phi) is 11.3. The third-order valence-corrected chi connectivity index (χ3v) is 5.27. The van der Waals surface area contributed by atoms with Gasteiger partial charge in [-0.15, -0.1) is 0 Å². The van der Waals surface area contributed by atoms with Crippen molar-refractivity contribution in [1.82, 2.24) is 0 Å². The van der Waals surface area contributed by atoms with E-state index < -0.39 is 12.2 Å². The maximum absolute atomic E-state index is 11.0. The van der Waals surface area contributed by atoms with E-state index in [2.05, 4.69) is 11.7 Å². The van der Waals surface area contributed by atoms with Crippen molar-refractivity contribution in [3.63, 3.8) is 0 Å². The lowest BCUT2D eigenvalue weighted by Gasteiger charge is -2.23. The maximum atomic E-state index is 11.0. The van der Waals surface area contributed by atoms with Gasteiger partial charge in [0, 0.05) is 6.42 Å². The Morgan fingerprint density at radius 1 is 1.15 bits per heavy atom. The Labute approximate surface area is 157 Å². The second-order valence-corrected chi connectivity index (χ2v) is 7.23. The van der Waals surface area contributed by atoms with Gasteiger partial charge in [-0.1, -0.05) is 24.3 Å². The first kappa shape index (κ1) is 22.7. The largest absolute Gasteiger partial charge is 0.393 e. The number of hydrogen-bond donors (Lipinski definition) is 3. The van der Waals surface area contributed by atoms with E-state index in [1.54, 1.807) is 0 Å². The molecule has 1 aliphatic rings. The highest BCUT2D eigenvalue weighted by Gasteiger charge is 2.40. The second kappa shape index (κ2) is 13.0. The summed E-state index contributed by atoms with van der Waals surface area (Å²) in [5.74, 6) is -0.126. The summed E-state index contributed by atoms with van der Waals surface area (Å²) in [6.07, 6.45) is 12.8. The number of rotatable bonds is 12. The Morgan fingerprint density at radius 2 is 1.88 bits per heavy atom. The molecule has 3 N–H and O–H groups in total. The molecule has 1 rings (SSSR count). The SMILES string of the molecule is C=NC(=O)CCC/C=C/CC1C(O)CC(O)C1CCC(O)CC/C=C/C. The third-order valence-electron chi connectivity index (χ3n) is 5.27. The van der Waals surface area contributed by atoms with Crippen LogP contribution < -0.4 is 0 Å². The summed E-state index contributed by atoms with van der Waals surface area (Å²) in [5, 5.41) is 30.6. The summed E-state index contributed by atoms with van der Waals surface area (Å²) >= 11 is 0. The quantitative estimate of drug-likeness (QED) is 0.281. The van der Waals surface area contributed by atoms with E-state index in [0.29, 0.717) is 25.7 Å². The lowest BCUT2D eigenvalue weighted by molar-refractivity contribution is -0.117. The van der Waals surface area contributed by atoms with Crippen molar-refractivity contribution in [2.24, 2.45) is 16.8 Å². The van der Waals surface area contributed by atoms with Gasteiger partial charge in [0.15, 0.2) is 0 Å². The van der Waals surface area contributed by atoms with Crippen LogP contribution in [0.1, 0.15) is 64.7 Å². The molecule has 148 valence electrons.